The van der Waals surface area contributed by atoms with Crippen molar-refractivity contribution < 1.29 is 34.5 Å². The zero-order valence-electron chi connectivity index (χ0n) is 23.2. The third-order valence-electron chi connectivity index (χ3n) is 8.42. The van der Waals surface area contributed by atoms with Crippen LogP contribution in [0.25, 0.3) is 0 Å². The minimum absolute atomic E-state index is 0.0397. The van der Waals surface area contributed by atoms with Crippen LogP contribution in [0, 0.1) is 16.7 Å². The normalized spacial score (nSPS) is 21.9. The van der Waals surface area contributed by atoms with Gasteiger partial charge in [-0.1, -0.05) is 62.2 Å². The lowest BCUT2D eigenvalue weighted by molar-refractivity contribution is -0.146. The molecule has 12 heteroatoms. The lowest BCUT2D eigenvalue weighted by Gasteiger charge is -2.42. The first-order chi connectivity index (χ1) is 19.1. The monoisotopic (exact) mass is 607 g/mol. The van der Waals surface area contributed by atoms with Crippen molar-refractivity contribution in [3.63, 3.8) is 0 Å². The predicted molar refractivity (Wildman–Crippen MR) is 155 cm³/mol. The molecule has 6 N–H and O–H groups in total. The Morgan fingerprint density at radius 3 is 2.10 bits per heavy atom. The van der Waals surface area contributed by atoms with Crippen molar-refractivity contribution in [1.82, 2.24) is 10.6 Å². The maximum atomic E-state index is 13.0. The second kappa shape index (κ2) is 12.8. The lowest BCUT2D eigenvalue weighted by Crippen LogP contribution is -2.55. The highest BCUT2D eigenvalue weighted by Crippen LogP contribution is 2.57. The van der Waals surface area contributed by atoms with Crippen LogP contribution in [0.15, 0.2) is 42.5 Å². The largest absolute Gasteiger partial charge is 0.480 e. The maximum Gasteiger partial charge on any atom is 0.325 e. The van der Waals surface area contributed by atoms with E-state index in [2.05, 4.69) is 16.0 Å². The Hall–Kier alpha value is -3.18. The average molecular weight is 609 g/mol. The highest BCUT2D eigenvalue weighted by molar-refractivity contribution is 6.40. The summed E-state index contributed by atoms with van der Waals surface area (Å²) in [5.41, 5.74) is -0.517. The summed E-state index contributed by atoms with van der Waals surface area (Å²) in [4.78, 5) is 49.0. The van der Waals surface area contributed by atoms with E-state index >= 15 is 0 Å². The molecule has 3 rings (SSSR count). The predicted octanol–water partition coefficient (Wildman–Crippen LogP) is 4.18. The van der Waals surface area contributed by atoms with Crippen LogP contribution >= 0.6 is 23.2 Å². The number of aliphatic hydroxyl groups is 1. The van der Waals surface area contributed by atoms with Gasteiger partial charge in [-0.05, 0) is 61.4 Å². The van der Waals surface area contributed by atoms with Gasteiger partial charge in [0.15, 0.2) is 0 Å². The van der Waals surface area contributed by atoms with Crippen molar-refractivity contribution in [3.8, 4) is 0 Å². The van der Waals surface area contributed by atoms with Gasteiger partial charge in [0.2, 0.25) is 5.91 Å². The summed E-state index contributed by atoms with van der Waals surface area (Å²) >= 11 is 12.2. The highest BCUT2D eigenvalue weighted by Gasteiger charge is 2.58. The number of aliphatic carboxylic acids is 2. The SMILES string of the molecule is C[C@H](NC(=O)[C@]1(C)CC[C@H](C(O)N[C@@H](Cc2ccc(NC(=O)c3c(Cl)cccc3Cl)cc2)C(=O)O)C1(C)C)C(=O)O. The molecule has 41 heavy (non-hydrogen) atoms. The van der Waals surface area contributed by atoms with E-state index in [9.17, 15) is 34.5 Å². The summed E-state index contributed by atoms with van der Waals surface area (Å²) < 4.78 is 0. The molecule has 1 unspecified atom stereocenters. The van der Waals surface area contributed by atoms with Crippen LogP contribution in [-0.2, 0) is 20.8 Å². The number of hydrogen-bond acceptors (Lipinski definition) is 6. The Morgan fingerprint density at radius 2 is 1.56 bits per heavy atom. The van der Waals surface area contributed by atoms with Gasteiger partial charge in [-0.3, -0.25) is 24.5 Å². The molecule has 1 fully saturated rings. The third kappa shape index (κ3) is 7.01. The summed E-state index contributed by atoms with van der Waals surface area (Å²) in [6, 6.07) is 9.10. The molecule has 0 saturated heterocycles. The number of carbonyl (C=O) groups excluding carboxylic acids is 2. The van der Waals surface area contributed by atoms with Gasteiger partial charge < -0.3 is 26.0 Å². The maximum absolute atomic E-state index is 13.0. The fourth-order valence-electron chi connectivity index (χ4n) is 5.32. The molecule has 5 atom stereocenters. The minimum atomic E-state index is -1.24. The molecule has 0 heterocycles. The van der Waals surface area contributed by atoms with Gasteiger partial charge in [0.1, 0.15) is 18.3 Å². The fraction of sp³-hybridized carbons (Fsp3) is 0.448. The van der Waals surface area contributed by atoms with E-state index in [4.69, 9.17) is 23.2 Å². The molecule has 222 valence electrons. The van der Waals surface area contributed by atoms with Gasteiger partial charge in [-0.25, -0.2) is 0 Å². The number of aliphatic hydroxyl groups excluding tert-OH is 1. The zero-order valence-corrected chi connectivity index (χ0v) is 24.7. The summed E-state index contributed by atoms with van der Waals surface area (Å²) in [5, 5.41) is 38.6. The minimum Gasteiger partial charge on any atom is -0.480 e. The first-order valence-corrected chi connectivity index (χ1v) is 13.9. The molecule has 1 aliphatic carbocycles. The molecular weight excluding hydrogens is 573 g/mol. The Balaban J connectivity index is 1.67. The number of carboxylic acids is 2. The van der Waals surface area contributed by atoms with Crippen molar-refractivity contribution in [2.45, 2.75) is 65.3 Å². The Kier molecular flexibility index (Phi) is 10.1. The summed E-state index contributed by atoms with van der Waals surface area (Å²) in [6.45, 7) is 6.75. The first-order valence-electron chi connectivity index (χ1n) is 13.1. The van der Waals surface area contributed by atoms with Crippen molar-refractivity contribution in [3.05, 3.63) is 63.6 Å². The number of carboxylic acid groups (broad SMARTS) is 2. The van der Waals surface area contributed by atoms with E-state index in [1.54, 1.807) is 49.4 Å². The molecule has 2 aromatic rings. The molecule has 0 radical (unpaired) electrons. The van der Waals surface area contributed by atoms with E-state index in [1.165, 1.54) is 6.92 Å². The number of amides is 2. The zero-order chi connectivity index (χ0) is 30.7. The number of anilines is 1. The van der Waals surface area contributed by atoms with Crippen molar-refractivity contribution in [2.24, 2.45) is 16.7 Å². The van der Waals surface area contributed by atoms with Gasteiger partial charge in [0.05, 0.1) is 21.0 Å². The van der Waals surface area contributed by atoms with Crippen LogP contribution in [0.4, 0.5) is 5.69 Å². The van der Waals surface area contributed by atoms with E-state index < -0.39 is 58.8 Å². The second-order valence-electron chi connectivity index (χ2n) is 11.2. The van der Waals surface area contributed by atoms with E-state index in [-0.39, 0.29) is 22.0 Å². The summed E-state index contributed by atoms with van der Waals surface area (Å²) in [5.74, 6) is -3.71. The molecule has 2 aromatic carbocycles. The molecule has 0 bridgehead atoms. The molecule has 0 aromatic heterocycles. The quantitative estimate of drug-likeness (QED) is 0.207. The van der Waals surface area contributed by atoms with Crippen LogP contribution in [0.3, 0.4) is 0 Å². The van der Waals surface area contributed by atoms with E-state index in [0.717, 1.165) is 0 Å². The van der Waals surface area contributed by atoms with Gasteiger partial charge in [-0.2, -0.15) is 0 Å². The number of hydrogen-bond donors (Lipinski definition) is 6. The second-order valence-corrected chi connectivity index (χ2v) is 12.0. The molecule has 2 amide bonds. The molecule has 1 aliphatic rings. The van der Waals surface area contributed by atoms with Gasteiger partial charge in [-0.15, -0.1) is 0 Å². The van der Waals surface area contributed by atoms with Gasteiger partial charge in [0.25, 0.3) is 5.91 Å². The van der Waals surface area contributed by atoms with Crippen LogP contribution in [0.2, 0.25) is 10.0 Å². The molecular formula is C29H35Cl2N3O7. The third-order valence-corrected chi connectivity index (χ3v) is 9.05. The molecule has 10 nitrogen and oxygen atoms in total. The highest BCUT2D eigenvalue weighted by atomic mass is 35.5. The summed E-state index contributed by atoms with van der Waals surface area (Å²) in [7, 11) is 0. The number of rotatable bonds is 11. The van der Waals surface area contributed by atoms with Crippen LogP contribution in [0.1, 0.15) is 56.5 Å². The number of nitrogens with one attached hydrogen (secondary N) is 3. The Bertz CT molecular complexity index is 1300. The van der Waals surface area contributed by atoms with Crippen LogP contribution < -0.4 is 16.0 Å². The topological polar surface area (TPSA) is 165 Å². The van der Waals surface area contributed by atoms with Crippen molar-refractivity contribution >= 4 is 52.6 Å². The standard InChI is InChI=1S/C29H35Cl2N3O7/c1-15(25(37)38)32-27(41)29(4)13-12-18(28(29,2)3)23(35)34-21(26(39)40)14-16-8-10-17(11-9-16)33-24(36)22-19(30)6-5-7-20(22)31/h5-11,15,18,21,23,34-35H,12-14H2,1-4H3,(H,32,41)(H,33,36)(H,37,38)(H,39,40)/t15-,18+,21-,23?,29-/m0/s1. The average Bonchev–Trinajstić information content (AvgIpc) is 3.13. The lowest BCUT2D eigenvalue weighted by atomic mass is 9.64. The Labute approximate surface area is 248 Å². The van der Waals surface area contributed by atoms with Crippen molar-refractivity contribution in [1.29, 1.82) is 0 Å². The molecule has 1 saturated carbocycles. The molecule has 0 spiro atoms. The van der Waals surface area contributed by atoms with Gasteiger partial charge >= 0.3 is 11.9 Å². The smallest absolute Gasteiger partial charge is 0.325 e. The fourth-order valence-corrected chi connectivity index (χ4v) is 5.89. The number of benzene rings is 2. The molecule has 0 aliphatic heterocycles. The summed E-state index contributed by atoms with van der Waals surface area (Å²) in [6.07, 6.45) is -0.372. The van der Waals surface area contributed by atoms with Crippen molar-refractivity contribution in [2.75, 3.05) is 5.32 Å². The number of halogens is 2. The number of carbonyl (C=O) groups is 4. The van der Waals surface area contributed by atoms with Crippen LogP contribution in [-0.4, -0.2) is 57.4 Å². The van der Waals surface area contributed by atoms with E-state index in [0.29, 0.717) is 24.1 Å². The Morgan fingerprint density at radius 1 is 0.976 bits per heavy atom. The van der Waals surface area contributed by atoms with E-state index in [1.807, 2.05) is 13.8 Å². The van der Waals surface area contributed by atoms with Crippen LogP contribution in [0.5, 0.6) is 0 Å². The van der Waals surface area contributed by atoms with Gasteiger partial charge in [0, 0.05) is 11.6 Å². The first kappa shape index (κ1) is 32.3.